The number of hydrogen-bond donors (Lipinski definition) is 1. The van der Waals surface area contributed by atoms with Crippen LogP contribution in [0.15, 0.2) is 47.8 Å². The van der Waals surface area contributed by atoms with E-state index in [4.69, 9.17) is 18.9 Å². The minimum absolute atomic E-state index is 0.0102. The van der Waals surface area contributed by atoms with Gasteiger partial charge in [0.2, 0.25) is 0 Å². The first-order valence-electron chi connectivity index (χ1n) is 11.2. The monoisotopic (exact) mass is 498 g/mol. The Hall–Kier alpha value is -3.59. The Kier molecular flexibility index (Phi) is 9.08. The Bertz CT molecular complexity index is 1140. The van der Waals surface area contributed by atoms with Crippen LogP contribution in [0.1, 0.15) is 36.8 Å². The second kappa shape index (κ2) is 12.2. The fourth-order valence-electron chi connectivity index (χ4n) is 3.38. The van der Waals surface area contributed by atoms with Crippen molar-refractivity contribution in [1.29, 1.82) is 0 Å². The van der Waals surface area contributed by atoms with Crippen LogP contribution in [0.4, 0.5) is 0 Å². The molecule has 35 heavy (non-hydrogen) atoms. The highest BCUT2D eigenvalue weighted by atomic mass is 32.1. The Balaban J connectivity index is 1.64. The molecule has 1 amide bonds. The van der Waals surface area contributed by atoms with Gasteiger partial charge in [0, 0.05) is 10.9 Å². The number of esters is 1. The number of carbonyl (C=O) groups is 2. The molecule has 1 atom stereocenters. The van der Waals surface area contributed by atoms with Crippen molar-refractivity contribution in [2.24, 2.45) is 5.92 Å². The topological polar surface area (TPSA) is 96.0 Å². The summed E-state index contributed by atoms with van der Waals surface area (Å²) in [6.07, 6.45) is 0. The standard InChI is InChI=1S/C26H30N2O6S/c1-6-33-19-12-10-17(11-13-19)24(29)28-22(16(2)3)26(30)34-14-18-15-35-25(27-18)20-8-7-9-21(31-4)23(20)32-5/h7-13,15-16,22H,6,14H2,1-5H3,(H,28,29)/t22-/m0/s1. The number of carbonyl (C=O) groups excluding carboxylic acids is 2. The van der Waals surface area contributed by atoms with Crippen molar-refractivity contribution in [3.05, 3.63) is 59.1 Å². The van der Waals surface area contributed by atoms with Gasteiger partial charge in [0.1, 0.15) is 23.4 Å². The highest BCUT2D eigenvalue weighted by Crippen LogP contribution is 2.39. The van der Waals surface area contributed by atoms with E-state index in [1.807, 2.05) is 44.4 Å². The van der Waals surface area contributed by atoms with E-state index in [2.05, 4.69) is 10.3 Å². The molecule has 1 heterocycles. The van der Waals surface area contributed by atoms with E-state index in [0.717, 1.165) is 10.6 Å². The van der Waals surface area contributed by atoms with Crippen LogP contribution in [0.2, 0.25) is 0 Å². The lowest BCUT2D eigenvalue weighted by Crippen LogP contribution is -2.45. The van der Waals surface area contributed by atoms with Gasteiger partial charge in [-0.15, -0.1) is 11.3 Å². The van der Waals surface area contributed by atoms with E-state index in [9.17, 15) is 9.59 Å². The van der Waals surface area contributed by atoms with Crippen LogP contribution in [0.25, 0.3) is 10.6 Å². The van der Waals surface area contributed by atoms with Gasteiger partial charge in [-0.1, -0.05) is 19.9 Å². The zero-order valence-electron chi connectivity index (χ0n) is 20.5. The third kappa shape index (κ3) is 6.51. The zero-order valence-corrected chi connectivity index (χ0v) is 21.3. The molecule has 0 aliphatic carbocycles. The van der Waals surface area contributed by atoms with Crippen LogP contribution in [-0.4, -0.2) is 43.7 Å². The second-order valence-electron chi connectivity index (χ2n) is 7.95. The third-order valence-corrected chi connectivity index (χ3v) is 6.11. The van der Waals surface area contributed by atoms with Crippen LogP contribution in [0, 0.1) is 5.92 Å². The van der Waals surface area contributed by atoms with Gasteiger partial charge in [0.15, 0.2) is 11.5 Å². The molecule has 186 valence electrons. The molecule has 9 heteroatoms. The van der Waals surface area contributed by atoms with E-state index in [1.54, 1.807) is 38.5 Å². The first-order valence-corrected chi connectivity index (χ1v) is 12.1. The Labute approximate surface area is 209 Å². The van der Waals surface area contributed by atoms with E-state index in [1.165, 1.54) is 11.3 Å². The lowest BCUT2D eigenvalue weighted by molar-refractivity contribution is -0.148. The number of rotatable bonds is 11. The quantitative estimate of drug-likeness (QED) is 0.382. The van der Waals surface area contributed by atoms with E-state index >= 15 is 0 Å². The lowest BCUT2D eigenvalue weighted by atomic mass is 10.0. The predicted molar refractivity (Wildman–Crippen MR) is 134 cm³/mol. The number of nitrogens with zero attached hydrogens (tertiary/aromatic N) is 1. The van der Waals surface area contributed by atoms with Crippen molar-refractivity contribution < 1.29 is 28.5 Å². The van der Waals surface area contributed by atoms with E-state index in [0.29, 0.717) is 35.1 Å². The normalized spacial score (nSPS) is 11.6. The van der Waals surface area contributed by atoms with Crippen molar-refractivity contribution in [2.45, 2.75) is 33.4 Å². The second-order valence-corrected chi connectivity index (χ2v) is 8.80. The summed E-state index contributed by atoms with van der Waals surface area (Å²) in [5, 5.41) is 5.32. The number of nitrogens with one attached hydrogen (secondary N) is 1. The number of benzene rings is 2. The number of aromatic nitrogens is 1. The molecule has 0 saturated heterocycles. The summed E-state index contributed by atoms with van der Waals surface area (Å²) in [6, 6.07) is 11.5. The molecule has 0 saturated carbocycles. The maximum absolute atomic E-state index is 12.8. The van der Waals surface area contributed by atoms with Gasteiger partial charge in [-0.25, -0.2) is 9.78 Å². The fraction of sp³-hybridized carbons (Fsp3) is 0.346. The summed E-state index contributed by atoms with van der Waals surface area (Å²) in [7, 11) is 3.15. The molecule has 0 unspecified atom stereocenters. The maximum atomic E-state index is 12.8. The van der Waals surface area contributed by atoms with E-state index < -0.39 is 12.0 Å². The number of ether oxygens (including phenoxy) is 4. The molecule has 0 bridgehead atoms. The number of para-hydroxylation sites is 1. The summed E-state index contributed by atoms with van der Waals surface area (Å²) in [6.45, 7) is 6.12. The first-order chi connectivity index (χ1) is 16.9. The molecular formula is C26H30N2O6S. The minimum atomic E-state index is -0.800. The number of thiazole rings is 1. The van der Waals surface area contributed by atoms with Crippen molar-refractivity contribution in [3.63, 3.8) is 0 Å². The summed E-state index contributed by atoms with van der Waals surface area (Å²) < 4.78 is 21.8. The molecule has 3 aromatic rings. The van der Waals surface area contributed by atoms with Crippen LogP contribution < -0.4 is 19.5 Å². The molecule has 1 N–H and O–H groups in total. The summed E-state index contributed by atoms with van der Waals surface area (Å²) in [4.78, 5) is 30.1. The summed E-state index contributed by atoms with van der Waals surface area (Å²) in [5.74, 6) is 0.831. The van der Waals surface area contributed by atoms with Crippen LogP contribution in [0.3, 0.4) is 0 Å². The summed E-state index contributed by atoms with van der Waals surface area (Å²) in [5.41, 5.74) is 1.82. The molecule has 8 nitrogen and oxygen atoms in total. The molecule has 0 radical (unpaired) electrons. The van der Waals surface area contributed by atoms with Crippen molar-refractivity contribution in [2.75, 3.05) is 20.8 Å². The Morgan fingerprint density at radius 2 is 1.80 bits per heavy atom. The van der Waals surface area contributed by atoms with Gasteiger partial charge in [-0.3, -0.25) is 4.79 Å². The van der Waals surface area contributed by atoms with Gasteiger partial charge in [-0.2, -0.15) is 0 Å². The van der Waals surface area contributed by atoms with Gasteiger partial charge < -0.3 is 24.3 Å². The average molecular weight is 499 g/mol. The van der Waals surface area contributed by atoms with Crippen LogP contribution in [-0.2, 0) is 16.1 Å². The molecule has 0 spiro atoms. The number of hydrogen-bond acceptors (Lipinski definition) is 8. The number of amides is 1. The van der Waals surface area contributed by atoms with Crippen LogP contribution in [0.5, 0.6) is 17.2 Å². The maximum Gasteiger partial charge on any atom is 0.329 e. The fourth-order valence-corrected chi connectivity index (χ4v) is 4.20. The summed E-state index contributed by atoms with van der Waals surface area (Å²) >= 11 is 1.41. The SMILES string of the molecule is CCOc1ccc(C(=O)N[C@H](C(=O)OCc2csc(-c3cccc(OC)c3OC)n2)C(C)C)cc1. The lowest BCUT2D eigenvalue weighted by Gasteiger charge is -2.20. The van der Waals surface area contributed by atoms with Crippen molar-refractivity contribution >= 4 is 23.2 Å². The molecule has 1 aromatic heterocycles. The van der Waals surface area contributed by atoms with Gasteiger partial charge in [-0.05, 0) is 49.2 Å². The molecule has 0 aliphatic heterocycles. The minimum Gasteiger partial charge on any atom is -0.494 e. The van der Waals surface area contributed by atoms with Crippen molar-refractivity contribution in [3.8, 4) is 27.8 Å². The predicted octanol–water partition coefficient (Wildman–Crippen LogP) is 4.72. The molecular weight excluding hydrogens is 468 g/mol. The Morgan fingerprint density at radius 1 is 1.06 bits per heavy atom. The average Bonchev–Trinajstić information content (AvgIpc) is 3.34. The molecule has 3 rings (SSSR count). The van der Waals surface area contributed by atoms with Crippen molar-refractivity contribution in [1.82, 2.24) is 10.3 Å². The smallest absolute Gasteiger partial charge is 0.329 e. The largest absolute Gasteiger partial charge is 0.494 e. The molecule has 0 fully saturated rings. The molecule has 2 aromatic carbocycles. The van der Waals surface area contributed by atoms with Gasteiger partial charge in [0.05, 0.1) is 32.1 Å². The zero-order chi connectivity index (χ0) is 25.4. The van der Waals surface area contributed by atoms with Crippen LogP contribution >= 0.6 is 11.3 Å². The highest BCUT2D eigenvalue weighted by molar-refractivity contribution is 7.13. The third-order valence-electron chi connectivity index (χ3n) is 5.18. The first kappa shape index (κ1) is 26.0. The Morgan fingerprint density at radius 3 is 2.43 bits per heavy atom. The van der Waals surface area contributed by atoms with E-state index in [-0.39, 0.29) is 18.4 Å². The highest BCUT2D eigenvalue weighted by Gasteiger charge is 2.26. The van der Waals surface area contributed by atoms with Gasteiger partial charge >= 0.3 is 5.97 Å². The van der Waals surface area contributed by atoms with Gasteiger partial charge in [0.25, 0.3) is 5.91 Å². The molecule has 0 aliphatic rings. The number of methoxy groups -OCH3 is 2.